The molecule has 2 aromatic rings. The van der Waals surface area contributed by atoms with E-state index < -0.39 is 0 Å². The number of nitrogens with zero attached hydrogens (tertiary/aromatic N) is 1. The normalized spacial score (nSPS) is 10.9. The van der Waals surface area contributed by atoms with Gasteiger partial charge in [0.1, 0.15) is 0 Å². The molecule has 2 rings (SSSR count). The summed E-state index contributed by atoms with van der Waals surface area (Å²) in [5.41, 5.74) is 3.11. The Balaban J connectivity index is 2.68. The van der Waals surface area contributed by atoms with Gasteiger partial charge in [0, 0.05) is 35.6 Å². The van der Waals surface area contributed by atoms with Gasteiger partial charge in [0.15, 0.2) is 5.78 Å². The molecule has 0 N–H and O–H groups in total. The lowest BCUT2D eigenvalue weighted by molar-refractivity contribution is 0.0982. The largest absolute Gasteiger partial charge is 0.347 e. The van der Waals surface area contributed by atoms with E-state index in [-0.39, 0.29) is 5.78 Å². The van der Waals surface area contributed by atoms with Gasteiger partial charge in [-0.05, 0) is 19.4 Å². The van der Waals surface area contributed by atoms with E-state index in [1.807, 2.05) is 39.1 Å². The molecule has 0 saturated heterocycles. The Morgan fingerprint density at radius 3 is 2.69 bits per heavy atom. The van der Waals surface area contributed by atoms with Crippen LogP contribution in [0.4, 0.5) is 0 Å². The average molecular weight is 215 g/mol. The van der Waals surface area contributed by atoms with Crippen LogP contribution in [0.5, 0.6) is 0 Å². The smallest absolute Gasteiger partial charge is 0.165 e. The minimum atomic E-state index is 0.261. The van der Waals surface area contributed by atoms with Gasteiger partial charge in [0.25, 0.3) is 0 Å². The molecule has 0 aliphatic carbocycles. The first-order valence-electron chi connectivity index (χ1n) is 5.74. The summed E-state index contributed by atoms with van der Waals surface area (Å²) in [7, 11) is 2.01. The van der Waals surface area contributed by atoms with Crippen molar-refractivity contribution in [3.05, 3.63) is 35.5 Å². The van der Waals surface area contributed by atoms with Crippen molar-refractivity contribution >= 4 is 16.7 Å². The SMILES string of the molecule is CCCC(=O)c1c(C)n(C)c2ccccc12. The van der Waals surface area contributed by atoms with Gasteiger partial charge in [0.2, 0.25) is 0 Å². The third-order valence-corrected chi connectivity index (χ3v) is 3.16. The van der Waals surface area contributed by atoms with E-state index in [1.165, 1.54) is 0 Å². The van der Waals surface area contributed by atoms with Crippen molar-refractivity contribution in [1.29, 1.82) is 0 Å². The number of benzene rings is 1. The van der Waals surface area contributed by atoms with Crippen LogP contribution in [0.2, 0.25) is 0 Å². The van der Waals surface area contributed by atoms with E-state index >= 15 is 0 Å². The third kappa shape index (κ3) is 1.54. The summed E-state index contributed by atoms with van der Waals surface area (Å²) >= 11 is 0. The van der Waals surface area contributed by atoms with Crippen LogP contribution in [0.25, 0.3) is 10.9 Å². The number of para-hydroxylation sites is 1. The Bertz CT molecular complexity index is 537. The molecule has 1 aromatic heterocycles. The van der Waals surface area contributed by atoms with Crippen molar-refractivity contribution in [2.75, 3.05) is 0 Å². The molecule has 84 valence electrons. The zero-order valence-corrected chi connectivity index (χ0v) is 10.1. The highest BCUT2D eigenvalue weighted by atomic mass is 16.1. The zero-order valence-electron chi connectivity index (χ0n) is 10.1. The summed E-state index contributed by atoms with van der Waals surface area (Å²) in [6, 6.07) is 8.09. The maximum absolute atomic E-state index is 12.1. The highest BCUT2D eigenvalue weighted by molar-refractivity contribution is 6.09. The summed E-state index contributed by atoms with van der Waals surface area (Å²) in [6.45, 7) is 4.06. The highest BCUT2D eigenvalue weighted by Gasteiger charge is 2.16. The summed E-state index contributed by atoms with van der Waals surface area (Å²) < 4.78 is 2.10. The molecule has 1 aromatic carbocycles. The molecule has 0 saturated carbocycles. The van der Waals surface area contributed by atoms with Crippen LogP contribution in [-0.2, 0) is 7.05 Å². The standard InChI is InChI=1S/C14H17NO/c1-4-7-13(16)14-10(2)15(3)12-9-6-5-8-11(12)14/h5-6,8-9H,4,7H2,1-3H3. The Morgan fingerprint density at radius 2 is 2.00 bits per heavy atom. The van der Waals surface area contributed by atoms with E-state index in [0.29, 0.717) is 6.42 Å². The maximum Gasteiger partial charge on any atom is 0.165 e. The highest BCUT2D eigenvalue weighted by Crippen LogP contribution is 2.26. The quantitative estimate of drug-likeness (QED) is 0.718. The van der Waals surface area contributed by atoms with E-state index in [1.54, 1.807) is 0 Å². The lowest BCUT2D eigenvalue weighted by Gasteiger charge is -2.00. The molecule has 0 spiro atoms. The number of carbonyl (C=O) groups excluding carboxylic acids is 1. The molecule has 2 heteroatoms. The number of aromatic nitrogens is 1. The second-order valence-electron chi connectivity index (χ2n) is 4.21. The van der Waals surface area contributed by atoms with Gasteiger partial charge in [0.05, 0.1) is 0 Å². The van der Waals surface area contributed by atoms with E-state index in [9.17, 15) is 4.79 Å². The van der Waals surface area contributed by atoms with Crippen LogP contribution in [0.1, 0.15) is 35.8 Å². The fourth-order valence-electron chi connectivity index (χ4n) is 2.22. The first-order valence-corrected chi connectivity index (χ1v) is 5.74. The van der Waals surface area contributed by atoms with Gasteiger partial charge < -0.3 is 4.57 Å². The van der Waals surface area contributed by atoms with Crippen molar-refractivity contribution < 1.29 is 4.79 Å². The Labute approximate surface area is 95.9 Å². The molecular formula is C14H17NO. The second-order valence-corrected chi connectivity index (χ2v) is 4.21. The van der Waals surface area contributed by atoms with Crippen LogP contribution in [0.15, 0.2) is 24.3 Å². The molecule has 0 bridgehead atoms. The van der Waals surface area contributed by atoms with E-state index in [2.05, 4.69) is 10.6 Å². The lowest BCUT2D eigenvalue weighted by atomic mass is 10.0. The number of rotatable bonds is 3. The van der Waals surface area contributed by atoms with Gasteiger partial charge in [-0.15, -0.1) is 0 Å². The van der Waals surface area contributed by atoms with Gasteiger partial charge in [-0.3, -0.25) is 4.79 Å². The number of hydrogen-bond acceptors (Lipinski definition) is 1. The predicted molar refractivity (Wildman–Crippen MR) is 66.9 cm³/mol. The second kappa shape index (κ2) is 4.12. The fraction of sp³-hybridized carbons (Fsp3) is 0.357. The number of carbonyl (C=O) groups is 1. The number of hydrogen-bond donors (Lipinski definition) is 0. The van der Waals surface area contributed by atoms with Crippen molar-refractivity contribution in [2.45, 2.75) is 26.7 Å². The maximum atomic E-state index is 12.1. The summed E-state index contributed by atoms with van der Waals surface area (Å²) in [4.78, 5) is 12.1. The lowest BCUT2D eigenvalue weighted by Crippen LogP contribution is -2.01. The summed E-state index contributed by atoms with van der Waals surface area (Å²) in [5.74, 6) is 0.261. The first kappa shape index (κ1) is 10.9. The summed E-state index contributed by atoms with van der Waals surface area (Å²) in [5, 5.41) is 1.08. The molecule has 0 aliphatic rings. The molecule has 0 aliphatic heterocycles. The number of aryl methyl sites for hydroxylation is 1. The first-order chi connectivity index (χ1) is 7.66. The van der Waals surface area contributed by atoms with E-state index in [0.717, 1.165) is 28.6 Å². The molecule has 0 radical (unpaired) electrons. The Hall–Kier alpha value is -1.57. The predicted octanol–water partition coefficient (Wildman–Crippen LogP) is 3.47. The van der Waals surface area contributed by atoms with E-state index in [4.69, 9.17) is 0 Å². The third-order valence-electron chi connectivity index (χ3n) is 3.16. The minimum absolute atomic E-state index is 0.261. The van der Waals surface area contributed by atoms with Gasteiger partial charge in [-0.1, -0.05) is 25.1 Å². The molecule has 1 heterocycles. The molecule has 2 nitrogen and oxygen atoms in total. The fourth-order valence-corrected chi connectivity index (χ4v) is 2.22. The number of ketones is 1. The van der Waals surface area contributed by atoms with Crippen LogP contribution in [-0.4, -0.2) is 10.4 Å². The molecule has 0 atom stereocenters. The minimum Gasteiger partial charge on any atom is -0.347 e. The number of fused-ring (bicyclic) bond motifs is 1. The van der Waals surface area contributed by atoms with Crippen molar-refractivity contribution in [3.63, 3.8) is 0 Å². The molecule has 0 fully saturated rings. The molecular weight excluding hydrogens is 198 g/mol. The van der Waals surface area contributed by atoms with Crippen molar-refractivity contribution in [3.8, 4) is 0 Å². The molecule has 0 unspecified atom stereocenters. The Kier molecular flexibility index (Phi) is 2.82. The summed E-state index contributed by atoms with van der Waals surface area (Å²) in [6.07, 6.45) is 1.54. The average Bonchev–Trinajstić information content (AvgIpc) is 2.53. The van der Waals surface area contributed by atoms with Gasteiger partial charge >= 0.3 is 0 Å². The monoisotopic (exact) mass is 215 g/mol. The Morgan fingerprint density at radius 1 is 1.31 bits per heavy atom. The molecule has 0 amide bonds. The van der Waals surface area contributed by atoms with Crippen molar-refractivity contribution in [1.82, 2.24) is 4.57 Å². The van der Waals surface area contributed by atoms with Crippen LogP contribution in [0, 0.1) is 6.92 Å². The number of Topliss-reactive ketones (excluding diaryl/α,β-unsaturated/α-hetero) is 1. The zero-order chi connectivity index (χ0) is 11.7. The van der Waals surface area contributed by atoms with Crippen LogP contribution < -0.4 is 0 Å². The molecule has 16 heavy (non-hydrogen) atoms. The van der Waals surface area contributed by atoms with Crippen LogP contribution >= 0.6 is 0 Å². The van der Waals surface area contributed by atoms with Gasteiger partial charge in [-0.2, -0.15) is 0 Å². The topological polar surface area (TPSA) is 22.0 Å². The van der Waals surface area contributed by atoms with Gasteiger partial charge in [-0.25, -0.2) is 0 Å². The van der Waals surface area contributed by atoms with Crippen LogP contribution in [0.3, 0.4) is 0 Å². The van der Waals surface area contributed by atoms with Crippen molar-refractivity contribution in [2.24, 2.45) is 7.05 Å².